The predicted octanol–water partition coefficient (Wildman–Crippen LogP) is -0.637. The van der Waals surface area contributed by atoms with Crippen LogP contribution in [-0.2, 0) is 4.79 Å². The maximum absolute atomic E-state index is 11.5. The lowest BCUT2D eigenvalue weighted by atomic mass is 10.1. The van der Waals surface area contributed by atoms with Gasteiger partial charge in [-0.05, 0) is 19.4 Å². The zero-order valence-electron chi connectivity index (χ0n) is 7.40. The maximum atomic E-state index is 11.5. The van der Waals surface area contributed by atoms with Crippen molar-refractivity contribution in [1.82, 2.24) is 10.2 Å². The first-order chi connectivity index (χ1) is 5.77. The van der Waals surface area contributed by atoms with Gasteiger partial charge in [0.1, 0.15) is 0 Å². The molecule has 2 aliphatic heterocycles. The average Bonchev–Trinajstić information content (AvgIpc) is 2.31. The first-order valence-electron chi connectivity index (χ1n) is 4.47. The van der Waals surface area contributed by atoms with Crippen LogP contribution < -0.4 is 5.32 Å². The molecule has 2 aliphatic rings. The van der Waals surface area contributed by atoms with E-state index in [1.807, 2.05) is 0 Å². The van der Waals surface area contributed by atoms with Gasteiger partial charge >= 0.3 is 0 Å². The topological polar surface area (TPSA) is 52.6 Å². The highest BCUT2D eigenvalue weighted by Crippen LogP contribution is 2.13. The summed E-state index contributed by atoms with van der Waals surface area (Å²) in [5, 5.41) is 12.3. The van der Waals surface area contributed by atoms with Crippen LogP contribution in [0.3, 0.4) is 0 Å². The number of hydrogen-bond donors (Lipinski definition) is 2. The number of β-amino-alcohol motifs (C(OH)–C–C–N with tert-alkyl or cyclic N) is 1. The summed E-state index contributed by atoms with van der Waals surface area (Å²) in [4.78, 5) is 13.3. The van der Waals surface area contributed by atoms with E-state index < -0.39 is 0 Å². The van der Waals surface area contributed by atoms with Crippen molar-refractivity contribution in [1.29, 1.82) is 0 Å². The fourth-order valence-electron chi connectivity index (χ4n) is 1.66. The molecular weight excluding hydrogens is 192 g/mol. The number of rotatable bonds is 1. The molecule has 0 bridgehead atoms. The standard InChI is InChI=1S/C8H14N2O2.ClH/c11-6-2-4-10(5-6)8(12)7-1-3-9-7;/h6-7,9,11H,1-5H2;1H/t6-,7+;/m0./s1. The quantitative estimate of drug-likeness (QED) is 0.601. The van der Waals surface area contributed by atoms with Gasteiger partial charge < -0.3 is 15.3 Å². The molecule has 2 rings (SSSR count). The van der Waals surface area contributed by atoms with Gasteiger partial charge in [0.15, 0.2) is 0 Å². The molecule has 2 N–H and O–H groups in total. The number of halogens is 1. The van der Waals surface area contributed by atoms with Crippen molar-refractivity contribution in [3.8, 4) is 0 Å². The molecule has 0 aliphatic carbocycles. The van der Waals surface area contributed by atoms with Crippen molar-refractivity contribution in [3.63, 3.8) is 0 Å². The van der Waals surface area contributed by atoms with Crippen molar-refractivity contribution in [2.24, 2.45) is 0 Å². The van der Waals surface area contributed by atoms with Crippen molar-refractivity contribution in [2.45, 2.75) is 25.0 Å². The monoisotopic (exact) mass is 206 g/mol. The minimum Gasteiger partial charge on any atom is -0.391 e. The first-order valence-corrected chi connectivity index (χ1v) is 4.47. The number of carbonyl (C=O) groups is 1. The minimum atomic E-state index is -0.297. The predicted molar refractivity (Wildman–Crippen MR) is 50.9 cm³/mol. The van der Waals surface area contributed by atoms with Crippen LogP contribution in [0.2, 0.25) is 0 Å². The molecule has 1 amide bonds. The van der Waals surface area contributed by atoms with E-state index in [9.17, 15) is 9.90 Å². The number of nitrogens with one attached hydrogen (secondary N) is 1. The molecule has 0 radical (unpaired) electrons. The Morgan fingerprint density at radius 1 is 1.46 bits per heavy atom. The van der Waals surface area contributed by atoms with Crippen LogP contribution in [0.15, 0.2) is 0 Å². The van der Waals surface area contributed by atoms with Gasteiger partial charge in [0, 0.05) is 13.1 Å². The second kappa shape index (κ2) is 4.26. The normalized spacial score (nSPS) is 32.2. The Labute approximate surface area is 83.7 Å². The molecule has 2 heterocycles. The van der Waals surface area contributed by atoms with E-state index in [1.54, 1.807) is 4.90 Å². The van der Waals surface area contributed by atoms with E-state index in [0.29, 0.717) is 6.54 Å². The Morgan fingerprint density at radius 2 is 2.15 bits per heavy atom. The molecule has 2 fully saturated rings. The van der Waals surface area contributed by atoms with Crippen LogP contribution in [0.4, 0.5) is 0 Å². The Kier molecular flexibility index (Phi) is 3.53. The summed E-state index contributed by atoms with van der Waals surface area (Å²) in [6, 6.07) is 0.0373. The van der Waals surface area contributed by atoms with Crippen LogP contribution in [-0.4, -0.2) is 47.7 Å². The summed E-state index contributed by atoms with van der Waals surface area (Å²) >= 11 is 0. The van der Waals surface area contributed by atoms with Crippen molar-refractivity contribution in [2.75, 3.05) is 19.6 Å². The highest BCUT2D eigenvalue weighted by atomic mass is 35.5. The maximum Gasteiger partial charge on any atom is 0.239 e. The number of carbonyl (C=O) groups excluding carboxylic acids is 1. The number of nitrogens with zero attached hydrogens (tertiary/aromatic N) is 1. The van der Waals surface area contributed by atoms with E-state index >= 15 is 0 Å². The van der Waals surface area contributed by atoms with E-state index in [4.69, 9.17) is 0 Å². The second-order valence-corrected chi connectivity index (χ2v) is 3.52. The lowest BCUT2D eigenvalue weighted by Gasteiger charge is -2.30. The average molecular weight is 207 g/mol. The van der Waals surface area contributed by atoms with Crippen LogP contribution in [0.1, 0.15) is 12.8 Å². The first kappa shape index (κ1) is 10.8. The van der Waals surface area contributed by atoms with Crippen molar-refractivity contribution in [3.05, 3.63) is 0 Å². The molecule has 0 saturated carbocycles. The number of amides is 1. The third-order valence-electron chi connectivity index (χ3n) is 2.60. The molecule has 2 saturated heterocycles. The summed E-state index contributed by atoms with van der Waals surface area (Å²) < 4.78 is 0. The minimum absolute atomic E-state index is 0. The van der Waals surface area contributed by atoms with Gasteiger partial charge in [0.2, 0.25) is 5.91 Å². The van der Waals surface area contributed by atoms with E-state index in [-0.39, 0.29) is 30.5 Å². The van der Waals surface area contributed by atoms with Crippen LogP contribution in [0.5, 0.6) is 0 Å². The SMILES string of the molecule is Cl.O=C([C@H]1CCN1)N1CC[C@H](O)C1. The molecular formula is C8H15ClN2O2. The summed E-state index contributed by atoms with van der Waals surface area (Å²) in [7, 11) is 0. The van der Waals surface area contributed by atoms with Crippen LogP contribution in [0, 0.1) is 0 Å². The van der Waals surface area contributed by atoms with E-state index in [2.05, 4.69) is 5.32 Å². The zero-order chi connectivity index (χ0) is 8.55. The molecule has 0 aromatic heterocycles. The van der Waals surface area contributed by atoms with Gasteiger partial charge in [-0.3, -0.25) is 4.79 Å². The van der Waals surface area contributed by atoms with Crippen LogP contribution in [0.25, 0.3) is 0 Å². The number of likely N-dealkylation sites (tertiary alicyclic amines) is 1. The Hall–Kier alpha value is -0.320. The Balaban J connectivity index is 0.000000845. The highest BCUT2D eigenvalue weighted by Gasteiger charge is 2.32. The third kappa shape index (κ3) is 2.13. The molecule has 0 spiro atoms. The number of aliphatic hydroxyl groups excluding tert-OH is 1. The van der Waals surface area contributed by atoms with Gasteiger partial charge in [-0.15, -0.1) is 12.4 Å². The molecule has 5 heteroatoms. The van der Waals surface area contributed by atoms with Gasteiger partial charge in [-0.25, -0.2) is 0 Å². The fraction of sp³-hybridized carbons (Fsp3) is 0.875. The Morgan fingerprint density at radius 3 is 2.54 bits per heavy atom. The number of aliphatic hydroxyl groups is 1. The van der Waals surface area contributed by atoms with Gasteiger partial charge in [-0.1, -0.05) is 0 Å². The van der Waals surface area contributed by atoms with Gasteiger partial charge in [-0.2, -0.15) is 0 Å². The molecule has 0 aromatic rings. The highest BCUT2D eigenvalue weighted by molar-refractivity contribution is 5.85. The lowest BCUT2D eigenvalue weighted by Crippen LogP contribution is -2.54. The van der Waals surface area contributed by atoms with Crippen molar-refractivity contribution >= 4 is 18.3 Å². The van der Waals surface area contributed by atoms with Crippen molar-refractivity contribution < 1.29 is 9.90 Å². The molecule has 2 atom stereocenters. The Bertz CT molecular complexity index is 197. The summed E-state index contributed by atoms with van der Waals surface area (Å²) in [5.41, 5.74) is 0. The molecule has 0 unspecified atom stereocenters. The van der Waals surface area contributed by atoms with Gasteiger partial charge in [0.05, 0.1) is 12.1 Å². The fourth-order valence-corrected chi connectivity index (χ4v) is 1.66. The lowest BCUT2D eigenvalue weighted by molar-refractivity contribution is -0.134. The van der Waals surface area contributed by atoms with Crippen LogP contribution >= 0.6 is 12.4 Å². The summed E-state index contributed by atoms with van der Waals surface area (Å²) in [5.74, 6) is 0.165. The second-order valence-electron chi connectivity index (χ2n) is 3.52. The summed E-state index contributed by atoms with van der Waals surface area (Å²) in [6.07, 6.45) is 1.39. The number of hydrogen-bond acceptors (Lipinski definition) is 3. The largest absolute Gasteiger partial charge is 0.391 e. The zero-order valence-corrected chi connectivity index (χ0v) is 8.22. The molecule has 76 valence electrons. The van der Waals surface area contributed by atoms with Gasteiger partial charge in [0.25, 0.3) is 0 Å². The molecule has 0 aromatic carbocycles. The molecule has 13 heavy (non-hydrogen) atoms. The third-order valence-corrected chi connectivity index (χ3v) is 2.60. The smallest absolute Gasteiger partial charge is 0.239 e. The van der Waals surface area contributed by atoms with E-state index in [1.165, 1.54) is 0 Å². The van der Waals surface area contributed by atoms with E-state index in [0.717, 1.165) is 25.9 Å². The summed E-state index contributed by atoms with van der Waals surface area (Å²) in [6.45, 7) is 2.20. The molecule has 4 nitrogen and oxygen atoms in total.